The lowest BCUT2D eigenvalue weighted by Crippen LogP contribution is -2.41. The summed E-state index contributed by atoms with van der Waals surface area (Å²) < 4.78 is 3.66. The fourth-order valence-corrected chi connectivity index (χ4v) is 2.33. The van der Waals surface area contributed by atoms with Crippen LogP contribution in [0, 0.1) is 10.1 Å². The SMILES string of the molecule is CCn1c(C=Cc2cnn(C)c2)c([N+](=O)[O-])c(=O)n(CC)c1=O. The summed E-state index contributed by atoms with van der Waals surface area (Å²) in [6.07, 6.45) is 6.27. The van der Waals surface area contributed by atoms with Gasteiger partial charge in [-0.1, -0.05) is 0 Å². The lowest BCUT2D eigenvalue weighted by Gasteiger charge is -2.11. The molecule has 0 amide bonds. The van der Waals surface area contributed by atoms with Crippen molar-refractivity contribution in [2.45, 2.75) is 26.9 Å². The van der Waals surface area contributed by atoms with Crippen LogP contribution in [0.15, 0.2) is 22.0 Å². The van der Waals surface area contributed by atoms with Gasteiger partial charge in [0.1, 0.15) is 5.69 Å². The molecule has 0 aliphatic rings. The summed E-state index contributed by atoms with van der Waals surface area (Å²) in [5.74, 6) is 0. The summed E-state index contributed by atoms with van der Waals surface area (Å²) >= 11 is 0. The van der Waals surface area contributed by atoms with E-state index in [1.165, 1.54) is 10.6 Å². The highest BCUT2D eigenvalue weighted by atomic mass is 16.6. The molecule has 0 saturated heterocycles. The number of aromatic nitrogens is 4. The van der Waals surface area contributed by atoms with Crippen molar-refractivity contribution < 1.29 is 4.92 Å². The molecule has 0 spiro atoms. The summed E-state index contributed by atoms with van der Waals surface area (Å²) in [6.45, 7) is 3.58. The van der Waals surface area contributed by atoms with Gasteiger partial charge in [-0.2, -0.15) is 5.10 Å². The van der Waals surface area contributed by atoms with E-state index < -0.39 is 21.9 Å². The molecular formula is C14H17N5O4. The van der Waals surface area contributed by atoms with Crippen molar-refractivity contribution in [1.29, 1.82) is 0 Å². The minimum atomic E-state index is -0.891. The molecule has 23 heavy (non-hydrogen) atoms. The largest absolute Gasteiger partial charge is 0.357 e. The van der Waals surface area contributed by atoms with Gasteiger partial charge in [-0.3, -0.25) is 28.7 Å². The van der Waals surface area contributed by atoms with E-state index in [0.29, 0.717) is 5.56 Å². The Balaban J connectivity index is 2.74. The monoisotopic (exact) mass is 319 g/mol. The van der Waals surface area contributed by atoms with Crippen molar-refractivity contribution in [1.82, 2.24) is 18.9 Å². The molecule has 9 nitrogen and oxygen atoms in total. The predicted octanol–water partition coefficient (Wildman–Crippen LogP) is 0.862. The molecule has 0 aliphatic heterocycles. The van der Waals surface area contributed by atoms with Gasteiger partial charge < -0.3 is 0 Å². The van der Waals surface area contributed by atoms with Crippen molar-refractivity contribution in [2.24, 2.45) is 7.05 Å². The fraction of sp³-hybridized carbons (Fsp3) is 0.357. The topological polar surface area (TPSA) is 105 Å². The first-order chi connectivity index (χ1) is 10.9. The first-order valence-electron chi connectivity index (χ1n) is 7.09. The molecule has 2 aromatic heterocycles. The molecule has 0 aromatic carbocycles. The van der Waals surface area contributed by atoms with E-state index in [1.54, 1.807) is 44.0 Å². The highest BCUT2D eigenvalue weighted by molar-refractivity contribution is 5.71. The second-order valence-corrected chi connectivity index (χ2v) is 4.85. The molecule has 0 radical (unpaired) electrons. The molecule has 9 heteroatoms. The Hall–Kier alpha value is -2.97. The summed E-state index contributed by atoms with van der Waals surface area (Å²) in [4.78, 5) is 35.1. The maximum Gasteiger partial charge on any atom is 0.357 e. The van der Waals surface area contributed by atoms with Gasteiger partial charge in [-0.15, -0.1) is 0 Å². The normalized spacial score (nSPS) is 11.3. The number of hydrogen-bond donors (Lipinski definition) is 0. The number of nitrogens with zero attached hydrogens (tertiary/aromatic N) is 5. The average Bonchev–Trinajstić information content (AvgIpc) is 2.90. The summed E-state index contributed by atoms with van der Waals surface area (Å²) in [6, 6.07) is 0. The first kappa shape index (κ1) is 16.4. The van der Waals surface area contributed by atoms with Gasteiger partial charge in [0.05, 0.1) is 11.1 Å². The molecule has 0 unspecified atom stereocenters. The van der Waals surface area contributed by atoms with Gasteiger partial charge in [0.25, 0.3) is 0 Å². The van der Waals surface area contributed by atoms with E-state index in [2.05, 4.69) is 5.10 Å². The van der Waals surface area contributed by atoms with Crippen LogP contribution in [-0.4, -0.2) is 23.8 Å². The van der Waals surface area contributed by atoms with Gasteiger partial charge in [0.15, 0.2) is 0 Å². The maximum absolute atomic E-state index is 12.3. The molecule has 0 bridgehead atoms. The van der Waals surface area contributed by atoms with Crippen molar-refractivity contribution in [3.8, 4) is 0 Å². The zero-order chi connectivity index (χ0) is 17.1. The molecule has 0 atom stereocenters. The van der Waals surface area contributed by atoms with Crippen LogP contribution in [0.2, 0.25) is 0 Å². The third-order valence-electron chi connectivity index (χ3n) is 3.42. The quantitative estimate of drug-likeness (QED) is 0.600. The molecule has 2 aromatic rings. The Kier molecular flexibility index (Phi) is 4.58. The molecule has 122 valence electrons. The second kappa shape index (κ2) is 6.42. The standard InChI is InChI=1S/C14H17N5O4/c1-4-17-11(7-6-10-8-15-16(3)9-10)12(19(22)23)13(20)18(5-2)14(17)21/h6-9H,4-5H2,1-3H3. The molecule has 0 saturated carbocycles. The number of aryl methyl sites for hydroxylation is 1. The first-order valence-corrected chi connectivity index (χ1v) is 7.09. The summed E-state index contributed by atoms with van der Waals surface area (Å²) in [5.41, 5.74) is -1.36. The van der Waals surface area contributed by atoms with Crippen LogP contribution in [0.1, 0.15) is 25.1 Å². The van der Waals surface area contributed by atoms with E-state index in [-0.39, 0.29) is 18.8 Å². The minimum Gasteiger partial charge on any atom is -0.288 e. The van der Waals surface area contributed by atoms with E-state index in [0.717, 1.165) is 4.57 Å². The van der Waals surface area contributed by atoms with Crippen LogP contribution in [-0.2, 0) is 20.1 Å². The Morgan fingerprint density at radius 2 is 1.87 bits per heavy atom. The average molecular weight is 319 g/mol. The third-order valence-corrected chi connectivity index (χ3v) is 3.42. The smallest absolute Gasteiger partial charge is 0.288 e. The van der Waals surface area contributed by atoms with Gasteiger partial charge in [-0.25, -0.2) is 4.79 Å². The van der Waals surface area contributed by atoms with Gasteiger partial charge in [-0.05, 0) is 26.0 Å². The highest BCUT2D eigenvalue weighted by Crippen LogP contribution is 2.15. The van der Waals surface area contributed by atoms with E-state index >= 15 is 0 Å². The fourth-order valence-electron chi connectivity index (χ4n) is 2.33. The van der Waals surface area contributed by atoms with Crippen molar-refractivity contribution in [3.05, 3.63) is 54.6 Å². The summed E-state index contributed by atoms with van der Waals surface area (Å²) in [5, 5.41) is 15.3. The zero-order valence-electron chi connectivity index (χ0n) is 13.1. The van der Waals surface area contributed by atoms with Gasteiger partial charge in [0, 0.05) is 31.9 Å². The second-order valence-electron chi connectivity index (χ2n) is 4.85. The Labute approximate surface area is 131 Å². The molecule has 0 fully saturated rings. The molecule has 2 rings (SSSR count). The summed E-state index contributed by atoms with van der Waals surface area (Å²) in [7, 11) is 1.74. The maximum atomic E-state index is 12.3. The molecule has 0 aliphatic carbocycles. The Morgan fingerprint density at radius 1 is 1.22 bits per heavy atom. The van der Waals surface area contributed by atoms with Crippen LogP contribution < -0.4 is 11.2 Å². The van der Waals surface area contributed by atoms with Gasteiger partial charge in [0.2, 0.25) is 0 Å². The predicted molar refractivity (Wildman–Crippen MR) is 85.1 cm³/mol. The minimum absolute atomic E-state index is 0.0129. The number of hydrogen-bond acceptors (Lipinski definition) is 5. The van der Waals surface area contributed by atoms with Crippen molar-refractivity contribution in [2.75, 3.05) is 0 Å². The molecule has 0 N–H and O–H groups in total. The molecule has 2 heterocycles. The van der Waals surface area contributed by atoms with Gasteiger partial charge >= 0.3 is 16.9 Å². The van der Waals surface area contributed by atoms with Crippen molar-refractivity contribution >= 4 is 17.8 Å². The molecular weight excluding hydrogens is 302 g/mol. The van der Waals surface area contributed by atoms with Crippen LogP contribution in [0.5, 0.6) is 0 Å². The van der Waals surface area contributed by atoms with Crippen LogP contribution in [0.4, 0.5) is 5.69 Å². The number of nitro groups is 1. The Bertz CT molecular complexity index is 888. The Morgan fingerprint density at radius 3 is 2.35 bits per heavy atom. The van der Waals surface area contributed by atoms with Crippen LogP contribution >= 0.6 is 0 Å². The van der Waals surface area contributed by atoms with E-state index in [4.69, 9.17) is 0 Å². The third kappa shape index (κ3) is 2.98. The highest BCUT2D eigenvalue weighted by Gasteiger charge is 2.25. The lowest BCUT2D eigenvalue weighted by molar-refractivity contribution is -0.387. The zero-order valence-corrected chi connectivity index (χ0v) is 13.1. The van der Waals surface area contributed by atoms with Crippen LogP contribution in [0.25, 0.3) is 12.2 Å². The van der Waals surface area contributed by atoms with Crippen molar-refractivity contribution in [3.63, 3.8) is 0 Å². The number of rotatable bonds is 5. The van der Waals surface area contributed by atoms with Crippen LogP contribution in [0.3, 0.4) is 0 Å². The van der Waals surface area contributed by atoms with E-state index in [1.807, 2.05) is 0 Å². The lowest BCUT2D eigenvalue weighted by atomic mass is 10.2. The van der Waals surface area contributed by atoms with E-state index in [9.17, 15) is 19.7 Å².